The molecule has 2 N–H and O–H groups in total. The van der Waals surface area contributed by atoms with E-state index in [1.54, 1.807) is 0 Å². The van der Waals surface area contributed by atoms with Gasteiger partial charge in [0.25, 0.3) is 5.91 Å². The summed E-state index contributed by atoms with van der Waals surface area (Å²) in [5.41, 5.74) is 2.86. The molecule has 2 rings (SSSR count). The number of hydrogen-bond donors (Lipinski definition) is 2. The van der Waals surface area contributed by atoms with Gasteiger partial charge in [0, 0.05) is 18.3 Å². The molecule has 0 spiro atoms. The maximum Gasteiger partial charge on any atom is 0.253 e. The molecule has 0 radical (unpaired) electrons. The number of benzene rings is 1. The number of carbonyl (C=O) groups is 1. The van der Waals surface area contributed by atoms with Crippen molar-refractivity contribution in [2.24, 2.45) is 5.92 Å². The van der Waals surface area contributed by atoms with Gasteiger partial charge >= 0.3 is 0 Å². The van der Waals surface area contributed by atoms with E-state index in [1.807, 2.05) is 32.0 Å². The molecule has 1 amide bonds. The zero-order chi connectivity index (χ0) is 13.8. The summed E-state index contributed by atoms with van der Waals surface area (Å²) in [7, 11) is 0. The quantitative estimate of drug-likeness (QED) is 0.871. The van der Waals surface area contributed by atoms with Gasteiger partial charge in [-0.1, -0.05) is 13.0 Å². The average Bonchev–Trinajstić information content (AvgIpc) is 2.75. The van der Waals surface area contributed by atoms with Crippen LogP contribution in [0.1, 0.15) is 49.0 Å². The van der Waals surface area contributed by atoms with Gasteiger partial charge in [0.2, 0.25) is 0 Å². The fourth-order valence-corrected chi connectivity index (χ4v) is 2.79. The lowest BCUT2D eigenvalue weighted by Gasteiger charge is -2.15. The second-order valence-corrected chi connectivity index (χ2v) is 5.67. The monoisotopic (exact) mass is 260 g/mol. The van der Waals surface area contributed by atoms with Crippen LogP contribution in [-0.2, 0) is 0 Å². The maximum atomic E-state index is 12.4. The third-order valence-corrected chi connectivity index (χ3v) is 3.82. The van der Waals surface area contributed by atoms with Gasteiger partial charge in [0.1, 0.15) is 0 Å². The Bertz CT molecular complexity index is 456. The number of anilines is 1. The molecule has 0 heterocycles. The lowest BCUT2D eigenvalue weighted by molar-refractivity contribution is 0.0938. The SMILES string of the molecule is CCNc1cc(C)ccc1C(=O)NC1CCC(C)C1. The van der Waals surface area contributed by atoms with E-state index in [0.29, 0.717) is 6.04 Å². The lowest BCUT2D eigenvalue weighted by Crippen LogP contribution is -2.33. The molecule has 104 valence electrons. The molecule has 2 atom stereocenters. The van der Waals surface area contributed by atoms with Crippen molar-refractivity contribution < 1.29 is 4.79 Å². The molecule has 19 heavy (non-hydrogen) atoms. The van der Waals surface area contributed by atoms with Crippen LogP contribution in [0.25, 0.3) is 0 Å². The Hall–Kier alpha value is -1.51. The first kappa shape index (κ1) is 13.9. The van der Waals surface area contributed by atoms with Crippen molar-refractivity contribution in [3.63, 3.8) is 0 Å². The molecule has 1 aliphatic carbocycles. The van der Waals surface area contributed by atoms with Crippen LogP contribution >= 0.6 is 0 Å². The first-order valence-corrected chi connectivity index (χ1v) is 7.25. The summed E-state index contributed by atoms with van der Waals surface area (Å²) in [6, 6.07) is 6.29. The van der Waals surface area contributed by atoms with E-state index >= 15 is 0 Å². The van der Waals surface area contributed by atoms with E-state index in [-0.39, 0.29) is 5.91 Å². The van der Waals surface area contributed by atoms with Gasteiger partial charge in [-0.05, 0) is 56.7 Å². The third kappa shape index (κ3) is 3.49. The number of amides is 1. The highest BCUT2D eigenvalue weighted by atomic mass is 16.1. The highest BCUT2D eigenvalue weighted by molar-refractivity contribution is 5.99. The number of hydrogen-bond acceptors (Lipinski definition) is 2. The first-order valence-electron chi connectivity index (χ1n) is 7.25. The Morgan fingerprint density at radius 2 is 2.16 bits per heavy atom. The van der Waals surface area contributed by atoms with Crippen LogP contribution in [0.4, 0.5) is 5.69 Å². The molecular formula is C16H24N2O. The average molecular weight is 260 g/mol. The molecule has 1 aromatic rings. The molecule has 0 aliphatic heterocycles. The van der Waals surface area contributed by atoms with Crippen molar-refractivity contribution in [2.75, 3.05) is 11.9 Å². The molecule has 1 aliphatic rings. The van der Waals surface area contributed by atoms with Gasteiger partial charge < -0.3 is 10.6 Å². The zero-order valence-electron chi connectivity index (χ0n) is 12.1. The van der Waals surface area contributed by atoms with Crippen LogP contribution in [0.15, 0.2) is 18.2 Å². The summed E-state index contributed by atoms with van der Waals surface area (Å²) in [6.07, 6.45) is 3.43. The topological polar surface area (TPSA) is 41.1 Å². The van der Waals surface area contributed by atoms with Crippen LogP contribution in [0.3, 0.4) is 0 Å². The number of nitrogens with one attached hydrogen (secondary N) is 2. The molecule has 0 bridgehead atoms. The number of rotatable bonds is 4. The maximum absolute atomic E-state index is 12.4. The Labute approximate surface area is 115 Å². The minimum absolute atomic E-state index is 0.0510. The summed E-state index contributed by atoms with van der Waals surface area (Å²) in [5, 5.41) is 6.44. The third-order valence-electron chi connectivity index (χ3n) is 3.82. The normalized spacial score (nSPS) is 22.3. The van der Waals surface area contributed by atoms with Gasteiger partial charge in [-0.15, -0.1) is 0 Å². The van der Waals surface area contributed by atoms with Gasteiger partial charge in [-0.25, -0.2) is 0 Å². The van der Waals surface area contributed by atoms with E-state index < -0.39 is 0 Å². The summed E-state index contributed by atoms with van der Waals surface area (Å²) in [4.78, 5) is 12.4. The molecule has 3 nitrogen and oxygen atoms in total. The van der Waals surface area contributed by atoms with E-state index in [1.165, 1.54) is 12.0 Å². The Balaban J connectivity index is 2.09. The van der Waals surface area contributed by atoms with E-state index in [4.69, 9.17) is 0 Å². The van der Waals surface area contributed by atoms with E-state index in [2.05, 4.69) is 17.6 Å². The number of aryl methyl sites for hydroxylation is 1. The van der Waals surface area contributed by atoms with Gasteiger partial charge in [0.15, 0.2) is 0 Å². The van der Waals surface area contributed by atoms with Crippen LogP contribution in [0, 0.1) is 12.8 Å². The summed E-state index contributed by atoms with van der Waals surface area (Å²) < 4.78 is 0. The van der Waals surface area contributed by atoms with Crippen molar-refractivity contribution in [1.82, 2.24) is 5.32 Å². The smallest absolute Gasteiger partial charge is 0.253 e. The standard InChI is InChI=1S/C16H24N2O/c1-4-17-15-10-12(3)6-8-14(15)16(19)18-13-7-5-11(2)9-13/h6,8,10-11,13,17H,4-5,7,9H2,1-3H3,(H,18,19). The van der Waals surface area contributed by atoms with E-state index in [0.717, 1.165) is 36.6 Å². The summed E-state index contributed by atoms with van der Waals surface area (Å²) >= 11 is 0. The van der Waals surface area contributed by atoms with Gasteiger partial charge in [0.05, 0.1) is 5.56 Å². The van der Waals surface area contributed by atoms with Crippen LogP contribution in [-0.4, -0.2) is 18.5 Å². The van der Waals surface area contributed by atoms with Crippen LogP contribution < -0.4 is 10.6 Å². The second kappa shape index (κ2) is 6.09. The first-order chi connectivity index (χ1) is 9.10. The fraction of sp³-hybridized carbons (Fsp3) is 0.562. The molecular weight excluding hydrogens is 236 g/mol. The minimum Gasteiger partial charge on any atom is -0.385 e. The second-order valence-electron chi connectivity index (χ2n) is 5.67. The minimum atomic E-state index is 0.0510. The molecule has 3 heteroatoms. The molecule has 2 unspecified atom stereocenters. The van der Waals surface area contributed by atoms with Crippen molar-refractivity contribution in [3.8, 4) is 0 Å². The molecule has 0 aromatic heterocycles. The predicted octanol–water partition coefficient (Wildman–Crippen LogP) is 3.35. The number of carbonyl (C=O) groups excluding carboxylic acids is 1. The Morgan fingerprint density at radius 3 is 2.79 bits per heavy atom. The summed E-state index contributed by atoms with van der Waals surface area (Å²) in [6.45, 7) is 7.16. The highest BCUT2D eigenvalue weighted by Crippen LogP contribution is 2.25. The van der Waals surface area contributed by atoms with Crippen molar-refractivity contribution in [1.29, 1.82) is 0 Å². The van der Waals surface area contributed by atoms with Crippen LogP contribution in [0.2, 0.25) is 0 Å². The Morgan fingerprint density at radius 1 is 1.37 bits per heavy atom. The molecule has 1 fully saturated rings. The molecule has 1 aromatic carbocycles. The zero-order valence-corrected chi connectivity index (χ0v) is 12.1. The van der Waals surface area contributed by atoms with Crippen molar-refractivity contribution in [3.05, 3.63) is 29.3 Å². The van der Waals surface area contributed by atoms with Crippen molar-refractivity contribution >= 4 is 11.6 Å². The van der Waals surface area contributed by atoms with Crippen LogP contribution in [0.5, 0.6) is 0 Å². The fourth-order valence-electron chi connectivity index (χ4n) is 2.79. The predicted molar refractivity (Wildman–Crippen MR) is 79.6 cm³/mol. The lowest BCUT2D eigenvalue weighted by atomic mass is 10.1. The Kier molecular flexibility index (Phi) is 4.46. The highest BCUT2D eigenvalue weighted by Gasteiger charge is 2.23. The molecule has 0 saturated heterocycles. The van der Waals surface area contributed by atoms with Crippen molar-refractivity contribution in [2.45, 2.75) is 46.1 Å². The summed E-state index contributed by atoms with van der Waals surface area (Å²) in [5.74, 6) is 0.784. The molecule has 1 saturated carbocycles. The van der Waals surface area contributed by atoms with Gasteiger partial charge in [-0.3, -0.25) is 4.79 Å². The van der Waals surface area contributed by atoms with Gasteiger partial charge in [-0.2, -0.15) is 0 Å². The van der Waals surface area contributed by atoms with E-state index in [9.17, 15) is 4.79 Å². The largest absolute Gasteiger partial charge is 0.385 e.